The van der Waals surface area contributed by atoms with Crippen molar-refractivity contribution in [3.63, 3.8) is 0 Å². The first-order valence-electron chi connectivity index (χ1n) is 12.9. The number of benzene rings is 1. The van der Waals surface area contributed by atoms with E-state index in [0.717, 1.165) is 88.1 Å². The maximum Gasteiger partial charge on any atom is 0.407 e. The van der Waals surface area contributed by atoms with Gasteiger partial charge in [-0.25, -0.2) is 4.79 Å². The van der Waals surface area contributed by atoms with Crippen LogP contribution in [0, 0.1) is 17.8 Å². The molecule has 0 aromatic heterocycles. The van der Waals surface area contributed by atoms with E-state index in [1.165, 1.54) is 24.8 Å². The second kappa shape index (κ2) is 10.9. The molecule has 0 saturated heterocycles. The monoisotopic (exact) mass is 442 g/mol. The minimum absolute atomic E-state index is 0.142. The van der Waals surface area contributed by atoms with E-state index < -0.39 is 0 Å². The minimum Gasteiger partial charge on any atom is -0.497 e. The number of amides is 1. The van der Waals surface area contributed by atoms with Crippen LogP contribution in [-0.4, -0.2) is 49.9 Å². The van der Waals surface area contributed by atoms with Crippen molar-refractivity contribution in [3.8, 4) is 5.75 Å². The highest BCUT2D eigenvalue weighted by Gasteiger charge is 2.53. The van der Waals surface area contributed by atoms with Crippen LogP contribution in [0.25, 0.3) is 0 Å². The number of nitrogens with zero attached hydrogens (tertiary/aromatic N) is 1. The van der Waals surface area contributed by atoms with E-state index >= 15 is 0 Å². The van der Waals surface area contributed by atoms with Crippen molar-refractivity contribution in [2.24, 2.45) is 17.8 Å². The fraction of sp³-hybridized carbons (Fsp3) is 0.741. The molecule has 0 unspecified atom stereocenters. The molecule has 4 aliphatic rings. The predicted molar refractivity (Wildman–Crippen MR) is 128 cm³/mol. The molecule has 1 amide bonds. The smallest absolute Gasteiger partial charge is 0.407 e. The van der Waals surface area contributed by atoms with Gasteiger partial charge in [-0.1, -0.05) is 19.1 Å². The fourth-order valence-corrected chi connectivity index (χ4v) is 6.81. The summed E-state index contributed by atoms with van der Waals surface area (Å²) in [6.45, 7) is 6.19. The van der Waals surface area contributed by atoms with Crippen molar-refractivity contribution in [1.29, 1.82) is 0 Å². The van der Waals surface area contributed by atoms with Crippen molar-refractivity contribution < 1.29 is 14.3 Å². The maximum atomic E-state index is 12.5. The van der Waals surface area contributed by atoms with Gasteiger partial charge in [0.05, 0.1) is 7.11 Å². The first-order chi connectivity index (χ1) is 15.6. The SMILES string of the molecule is CCCN(CCCCNC(=O)OC12CC3CC(CC(C3)C1)C2)CCc1cccc(OC)c1. The van der Waals surface area contributed by atoms with Crippen LogP contribution < -0.4 is 10.1 Å². The van der Waals surface area contributed by atoms with Crippen LogP contribution in [0.3, 0.4) is 0 Å². The Morgan fingerprint density at radius 1 is 1.06 bits per heavy atom. The lowest BCUT2D eigenvalue weighted by atomic mass is 9.54. The summed E-state index contributed by atoms with van der Waals surface area (Å²) in [7, 11) is 1.72. The largest absolute Gasteiger partial charge is 0.497 e. The summed E-state index contributed by atoms with van der Waals surface area (Å²) in [6, 6.07) is 8.36. The Kier molecular flexibility index (Phi) is 7.98. The van der Waals surface area contributed by atoms with Gasteiger partial charge >= 0.3 is 6.09 Å². The number of nitrogens with one attached hydrogen (secondary N) is 1. The normalized spacial score (nSPS) is 28.2. The molecule has 178 valence electrons. The van der Waals surface area contributed by atoms with E-state index in [-0.39, 0.29) is 11.7 Å². The molecule has 5 rings (SSSR count). The third-order valence-electron chi connectivity index (χ3n) is 7.85. The lowest BCUT2D eigenvalue weighted by molar-refractivity contribution is -0.127. The van der Waals surface area contributed by atoms with E-state index in [4.69, 9.17) is 9.47 Å². The van der Waals surface area contributed by atoms with Crippen molar-refractivity contribution in [1.82, 2.24) is 10.2 Å². The molecule has 5 nitrogen and oxygen atoms in total. The number of hydrogen-bond donors (Lipinski definition) is 1. The average molecular weight is 443 g/mol. The Labute approximate surface area is 194 Å². The van der Waals surface area contributed by atoms with Gasteiger partial charge in [0.1, 0.15) is 11.4 Å². The van der Waals surface area contributed by atoms with E-state index in [2.05, 4.69) is 35.3 Å². The third-order valence-corrected chi connectivity index (χ3v) is 7.85. The highest BCUT2D eigenvalue weighted by molar-refractivity contribution is 5.67. The van der Waals surface area contributed by atoms with Crippen LogP contribution in [0.5, 0.6) is 5.75 Å². The van der Waals surface area contributed by atoms with Gasteiger partial charge in [0.2, 0.25) is 0 Å². The van der Waals surface area contributed by atoms with Gasteiger partial charge in [-0.15, -0.1) is 0 Å². The number of ether oxygens (including phenoxy) is 2. The maximum absolute atomic E-state index is 12.5. The first-order valence-corrected chi connectivity index (χ1v) is 12.9. The predicted octanol–water partition coefficient (Wildman–Crippen LogP) is 5.42. The van der Waals surface area contributed by atoms with Crippen molar-refractivity contribution >= 4 is 6.09 Å². The van der Waals surface area contributed by atoms with Gasteiger partial charge in [-0.3, -0.25) is 0 Å². The van der Waals surface area contributed by atoms with Crippen LogP contribution in [0.4, 0.5) is 4.79 Å². The van der Waals surface area contributed by atoms with Gasteiger partial charge in [0, 0.05) is 13.1 Å². The fourth-order valence-electron chi connectivity index (χ4n) is 6.81. The number of rotatable bonds is 12. The molecule has 5 heteroatoms. The van der Waals surface area contributed by atoms with E-state index in [1.54, 1.807) is 7.11 Å². The lowest BCUT2D eigenvalue weighted by Crippen LogP contribution is -2.53. The molecule has 4 bridgehead atoms. The van der Waals surface area contributed by atoms with Gasteiger partial charge < -0.3 is 19.7 Å². The topological polar surface area (TPSA) is 50.8 Å². The minimum atomic E-state index is -0.185. The summed E-state index contributed by atoms with van der Waals surface area (Å²) in [5.41, 5.74) is 1.18. The Hall–Kier alpha value is -1.75. The standard InChI is InChI=1S/C27H42N2O3/c1-3-11-29(13-9-21-7-6-8-25(17-21)31-2)12-5-4-10-28-26(30)32-27-18-22-14-23(19-27)16-24(15-22)20-27/h6-8,17,22-24H,3-5,9-16,18-20H2,1-2H3,(H,28,30). The Bertz CT molecular complexity index is 715. The number of unbranched alkanes of at least 4 members (excludes halogenated alkanes) is 1. The van der Waals surface area contributed by atoms with Gasteiger partial charge in [-0.05, 0) is 113 Å². The average Bonchev–Trinajstić information content (AvgIpc) is 2.76. The van der Waals surface area contributed by atoms with Crippen molar-refractivity contribution in [2.45, 2.75) is 76.7 Å². The first kappa shape index (κ1) is 23.4. The van der Waals surface area contributed by atoms with E-state index in [0.29, 0.717) is 6.54 Å². The van der Waals surface area contributed by atoms with Crippen molar-refractivity contribution in [3.05, 3.63) is 29.8 Å². The highest BCUT2D eigenvalue weighted by atomic mass is 16.6. The number of alkyl carbamates (subject to hydrolysis) is 1. The van der Waals surface area contributed by atoms with Gasteiger partial charge in [0.15, 0.2) is 0 Å². The molecule has 1 aromatic rings. The molecule has 0 spiro atoms. The Morgan fingerprint density at radius 3 is 2.44 bits per heavy atom. The molecule has 32 heavy (non-hydrogen) atoms. The second-order valence-corrected chi connectivity index (χ2v) is 10.6. The molecule has 1 N–H and O–H groups in total. The van der Waals surface area contributed by atoms with E-state index in [9.17, 15) is 4.79 Å². The molecule has 0 aliphatic heterocycles. The molecule has 0 heterocycles. The number of carbonyl (C=O) groups is 1. The van der Waals surface area contributed by atoms with Crippen LogP contribution >= 0.6 is 0 Å². The molecule has 0 atom stereocenters. The Morgan fingerprint density at radius 2 is 1.78 bits per heavy atom. The van der Waals surface area contributed by atoms with Crippen LogP contribution in [0.15, 0.2) is 24.3 Å². The van der Waals surface area contributed by atoms with Crippen LogP contribution in [0.2, 0.25) is 0 Å². The number of carbonyl (C=O) groups excluding carboxylic acids is 1. The molecule has 1 aromatic carbocycles. The molecule has 0 radical (unpaired) electrons. The summed E-state index contributed by atoms with van der Waals surface area (Å²) < 4.78 is 11.4. The Balaban J connectivity index is 1.13. The summed E-state index contributed by atoms with van der Waals surface area (Å²) in [5, 5.41) is 3.04. The summed E-state index contributed by atoms with van der Waals surface area (Å²) in [5.74, 6) is 3.33. The molecular weight excluding hydrogens is 400 g/mol. The molecule has 4 fully saturated rings. The number of hydrogen-bond acceptors (Lipinski definition) is 4. The highest BCUT2D eigenvalue weighted by Crippen LogP contribution is 2.57. The molecule has 4 saturated carbocycles. The summed E-state index contributed by atoms with van der Waals surface area (Å²) >= 11 is 0. The lowest BCUT2D eigenvalue weighted by Gasteiger charge is -2.55. The van der Waals surface area contributed by atoms with Gasteiger partial charge in [0.25, 0.3) is 0 Å². The molecular formula is C27H42N2O3. The zero-order valence-corrected chi connectivity index (χ0v) is 20.1. The second-order valence-electron chi connectivity index (χ2n) is 10.6. The van der Waals surface area contributed by atoms with Gasteiger partial charge in [-0.2, -0.15) is 0 Å². The van der Waals surface area contributed by atoms with Crippen LogP contribution in [0.1, 0.15) is 70.3 Å². The molecule has 4 aliphatic carbocycles. The van der Waals surface area contributed by atoms with Crippen LogP contribution in [-0.2, 0) is 11.2 Å². The summed E-state index contributed by atoms with van der Waals surface area (Å²) in [4.78, 5) is 15.0. The van der Waals surface area contributed by atoms with Crippen molar-refractivity contribution in [2.75, 3.05) is 33.3 Å². The van der Waals surface area contributed by atoms with E-state index in [1.807, 2.05) is 6.07 Å². The zero-order valence-electron chi connectivity index (χ0n) is 20.1. The zero-order chi connectivity index (χ0) is 22.4. The third kappa shape index (κ3) is 6.18. The number of methoxy groups -OCH3 is 1. The summed E-state index contributed by atoms with van der Waals surface area (Å²) in [6.07, 6.45) is 11.5. The quantitative estimate of drug-likeness (QED) is 0.439.